The van der Waals surface area contributed by atoms with Crippen LogP contribution in [-0.4, -0.2) is 26.1 Å². The van der Waals surface area contributed by atoms with Crippen LogP contribution in [0.25, 0.3) is 0 Å². The van der Waals surface area contributed by atoms with Gasteiger partial charge in [0.15, 0.2) is 0 Å². The van der Waals surface area contributed by atoms with E-state index in [1.54, 1.807) is 0 Å². The minimum absolute atomic E-state index is 0.150. The summed E-state index contributed by atoms with van der Waals surface area (Å²) < 4.78 is 48.8. The maximum absolute atomic E-state index is 12.8. The van der Waals surface area contributed by atoms with Gasteiger partial charge in [0.25, 0.3) is 0 Å². The molecule has 2 rings (SSSR count). The summed E-state index contributed by atoms with van der Waals surface area (Å²) in [6.07, 6.45) is 2.95. The Morgan fingerprint density at radius 1 is 1.38 bits per heavy atom. The zero-order valence-electron chi connectivity index (χ0n) is 8.40. The predicted octanol–water partition coefficient (Wildman–Crippen LogP) is 1.53. The Morgan fingerprint density at radius 3 is 2.50 bits per heavy atom. The standard InChI is InChI=1S/C9H12F2O4S/c10-9(11,16(13)14)8(12)15-7-4-5-1-2-6(7)3-5/h5-7H,1-4H2,(H,13,14). The van der Waals surface area contributed by atoms with E-state index < -0.39 is 28.4 Å². The number of fused-ring (bicyclic) bond motifs is 2. The first-order chi connectivity index (χ1) is 7.41. The molecule has 2 fully saturated rings. The van der Waals surface area contributed by atoms with Crippen molar-refractivity contribution in [1.29, 1.82) is 0 Å². The lowest BCUT2D eigenvalue weighted by Crippen LogP contribution is -2.38. The van der Waals surface area contributed by atoms with Gasteiger partial charge in [-0.1, -0.05) is 0 Å². The van der Waals surface area contributed by atoms with E-state index in [4.69, 9.17) is 4.55 Å². The van der Waals surface area contributed by atoms with Crippen LogP contribution in [0.5, 0.6) is 0 Å². The van der Waals surface area contributed by atoms with Crippen LogP contribution in [-0.2, 0) is 20.6 Å². The Morgan fingerprint density at radius 2 is 2.06 bits per heavy atom. The number of hydrogen-bond donors (Lipinski definition) is 1. The highest BCUT2D eigenvalue weighted by molar-refractivity contribution is 7.81. The molecule has 4 nitrogen and oxygen atoms in total. The van der Waals surface area contributed by atoms with Gasteiger partial charge < -0.3 is 9.29 Å². The van der Waals surface area contributed by atoms with Gasteiger partial charge in [-0.25, -0.2) is 9.00 Å². The largest absolute Gasteiger partial charge is 0.457 e. The van der Waals surface area contributed by atoms with E-state index in [2.05, 4.69) is 4.74 Å². The van der Waals surface area contributed by atoms with Crippen molar-refractivity contribution in [1.82, 2.24) is 0 Å². The second kappa shape index (κ2) is 4.03. The number of rotatable bonds is 3. The molecule has 1 N–H and O–H groups in total. The van der Waals surface area contributed by atoms with Crippen molar-refractivity contribution < 1.29 is 27.1 Å². The highest BCUT2D eigenvalue weighted by Gasteiger charge is 2.51. The van der Waals surface area contributed by atoms with E-state index in [9.17, 15) is 17.8 Å². The Kier molecular flexibility index (Phi) is 3.00. The van der Waals surface area contributed by atoms with Gasteiger partial charge in [0.05, 0.1) is 0 Å². The van der Waals surface area contributed by atoms with Gasteiger partial charge in [0.1, 0.15) is 6.10 Å². The molecule has 2 aliphatic rings. The van der Waals surface area contributed by atoms with Crippen LogP contribution >= 0.6 is 0 Å². The molecule has 0 spiro atoms. The summed E-state index contributed by atoms with van der Waals surface area (Å²) >= 11 is -3.52. The van der Waals surface area contributed by atoms with Crippen molar-refractivity contribution in [3.63, 3.8) is 0 Å². The highest BCUT2D eigenvalue weighted by atomic mass is 32.2. The summed E-state index contributed by atoms with van der Waals surface area (Å²) in [5.74, 6) is -1.28. The summed E-state index contributed by atoms with van der Waals surface area (Å²) in [5.41, 5.74) is 0. The molecule has 92 valence electrons. The zero-order valence-corrected chi connectivity index (χ0v) is 9.21. The van der Waals surface area contributed by atoms with Crippen LogP contribution in [0.4, 0.5) is 8.78 Å². The topological polar surface area (TPSA) is 63.6 Å². The van der Waals surface area contributed by atoms with Crippen LogP contribution in [0.3, 0.4) is 0 Å². The van der Waals surface area contributed by atoms with Gasteiger partial charge >= 0.3 is 11.2 Å². The van der Waals surface area contributed by atoms with E-state index in [0.29, 0.717) is 12.3 Å². The third kappa shape index (κ3) is 1.98. The van der Waals surface area contributed by atoms with Gasteiger partial charge in [-0.3, -0.25) is 0 Å². The molecule has 7 heteroatoms. The van der Waals surface area contributed by atoms with Crippen molar-refractivity contribution in [2.75, 3.05) is 0 Å². The maximum atomic E-state index is 12.8. The smallest absolute Gasteiger partial charge is 0.439 e. The van der Waals surface area contributed by atoms with E-state index in [0.717, 1.165) is 19.3 Å². The molecule has 0 radical (unpaired) electrons. The molecular weight excluding hydrogens is 242 g/mol. The fourth-order valence-corrected chi connectivity index (χ4v) is 2.80. The molecule has 4 atom stereocenters. The number of carbonyl (C=O) groups is 1. The fraction of sp³-hybridized carbons (Fsp3) is 0.889. The van der Waals surface area contributed by atoms with Gasteiger partial charge in [0, 0.05) is 0 Å². The van der Waals surface area contributed by atoms with Gasteiger partial charge in [-0.15, -0.1) is 0 Å². The number of esters is 1. The lowest BCUT2D eigenvalue weighted by molar-refractivity contribution is -0.169. The number of alkyl halides is 2. The molecule has 2 saturated carbocycles. The molecule has 4 unspecified atom stereocenters. The normalized spacial score (nSPS) is 35.1. The number of carbonyl (C=O) groups excluding carboxylic acids is 1. The van der Waals surface area contributed by atoms with E-state index in [1.165, 1.54) is 0 Å². The van der Waals surface area contributed by atoms with Crippen molar-refractivity contribution >= 4 is 17.0 Å². The highest BCUT2D eigenvalue weighted by Crippen LogP contribution is 2.46. The molecule has 16 heavy (non-hydrogen) atoms. The van der Waals surface area contributed by atoms with Crippen molar-refractivity contribution in [2.24, 2.45) is 11.8 Å². The second-order valence-corrected chi connectivity index (χ2v) is 5.40. The molecular formula is C9H12F2O4S. The summed E-state index contributed by atoms with van der Waals surface area (Å²) in [7, 11) is 0. The minimum atomic E-state index is -4.32. The van der Waals surface area contributed by atoms with Gasteiger partial charge in [0.2, 0.25) is 11.1 Å². The monoisotopic (exact) mass is 254 g/mol. The SMILES string of the molecule is O=C(OC1CC2CCC1C2)C(F)(F)S(=O)O. The van der Waals surface area contributed by atoms with Crippen molar-refractivity contribution in [2.45, 2.75) is 37.0 Å². The second-order valence-electron chi connectivity index (χ2n) is 4.38. The van der Waals surface area contributed by atoms with Gasteiger partial charge in [-0.05, 0) is 37.5 Å². The fourth-order valence-electron chi connectivity index (χ4n) is 2.61. The molecule has 0 aromatic carbocycles. The average molecular weight is 254 g/mol. The first-order valence-electron chi connectivity index (χ1n) is 5.11. The number of ether oxygens (including phenoxy) is 1. The van der Waals surface area contributed by atoms with E-state index >= 15 is 0 Å². The quantitative estimate of drug-likeness (QED) is 0.613. The zero-order chi connectivity index (χ0) is 11.9. The van der Waals surface area contributed by atoms with Crippen molar-refractivity contribution in [3.8, 4) is 0 Å². The lowest BCUT2D eigenvalue weighted by atomic mass is 9.98. The molecule has 0 aliphatic heterocycles. The number of halogens is 2. The molecule has 0 aromatic heterocycles. The molecule has 2 bridgehead atoms. The molecule has 0 saturated heterocycles. The van der Waals surface area contributed by atoms with Crippen LogP contribution < -0.4 is 0 Å². The maximum Gasteiger partial charge on any atom is 0.439 e. The third-order valence-corrected chi connectivity index (χ3v) is 3.99. The third-order valence-electron chi connectivity index (χ3n) is 3.39. The first-order valence-corrected chi connectivity index (χ1v) is 6.21. The minimum Gasteiger partial charge on any atom is -0.457 e. The molecule has 0 aromatic rings. The molecule has 0 amide bonds. The summed E-state index contributed by atoms with van der Waals surface area (Å²) in [4.78, 5) is 11.0. The van der Waals surface area contributed by atoms with E-state index in [-0.39, 0.29) is 5.92 Å². The van der Waals surface area contributed by atoms with Crippen LogP contribution in [0.15, 0.2) is 0 Å². The Balaban J connectivity index is 1.95. The van der Waals surface area contributed by atoms with Crippen LogP contribution in [0, 0.1) is 11.8 Å². The number of hydrogen-bond acceptors (Lipinski definition) is 3. The Labute approximate surface area is 93.6 Å². The predicted molar refractivity (Wildman–Crippen MR) is 51.0 cm³/mol. The molecule has 2 aliphatic carbocycles. The summed E-state index contributed by atoms with van der Waals surface area (Å²) in [5, 5.41) is -4.32. The van der Waals surface area contributed by atoms with E-state index in [1.807, 2.05) is 0 Å². The Hall–Kier alpha value is -0.560. The summed E-state index contributed by atoms with van der Waals surface area (Å²) in [6, 6.07) is 0. The van der Waals surface area contributed by atoms with Crippen molar-refractivity contribution in [3.05, 3.63) is 0 Å². The van der Waals surface area contributed by atoms with Gasteiger partial charge in [-0.2, -0.15) is 8.78 Å². The summed E-state index contributed by atoms with van der Waals surface area (Å²) in [6.45, 7) is 0. The van der Waals surface area contributed by atoms with Crippen LogP contribution in [0.2, 0.25) is 0 Å². The lowest BCUT2D eigenvalue weighted by Gasteiger charge is -2.23. The van der Waals surface area contributed by atoms with Crippen LogP contribution in [0.1, 0.15) is 25.7 Å². The molecule has 0 heterocycles. The Bertz CT molecular complexity index is 333. The first kappa shape index (κ1) is 11.9. The average Bonchev–Trinajstić information content (AvgIpc) is 2.78.